The van der Waals surface area contributed by atoms with E-state index in [1.807, 2.05) is 36.9 Å². The van der Waals surface area contributed by atoms with Gasteiger partial charge >= 0.3 is 0 Å². The summed E-state index contributed by atoms with van der Waals surface area (Å²) in [4.78, 5) is 4.11. The van der Waals surface area contributed by atoms with E-state index >= 15 is 0 Å². The first kappa shape index (κ1) is 16.5. The smallest absolute Gasteiger partial charge is 0.0946 e. The lowest BCUT2D eigenvalue weighted by Gasteiger charge is -2.32. The van der Waals surface area contributed by atoms with Crippen molar-refractivity contribution in [2.75, 3.05) is 0 Å². The van der Waals surface area contributed by atoms with E-state index in [-0.39, 0.29) is 5.41 Å². The minimum absolute atomic E-state index is 0.148. The molecule has 1 aromatic heterocycles. The van der Waals surface area contributed by atoms with Crippen molar-refractivity contribution in [3.8, 4) is 0 Å². The van der Waals surface area contributed by atoms with Gasteiger partial charge in [0.1, 0.15) is 0 Å². The molecule has 5 heteroatoms. The van der Waals surface area contributed by atoms with Gasteiger partial charge in [-0.1, -0.05) is 48.3 Å². The van der Waals surface area contributed by atoms with Crippen LogP contribution in [0.5, 0.6) is 0 Å². The van der Waals surface area contributed by atoms with E-state index in [2.05, 4.69) is 51.6 Å². The van der Waals surface area contributed by atoms with E-state index in [4.69, 9.17) is 11.6 Å². The molecule has 0 aliphatic heterocycles. The van der Waals surface area contributed by atoms with Gasteiger partial charge in [-0.3, -0.25) is 0 Å². The summed E-state index contributed by atoms with van der Waals surface area (Å²) in [5, 5.41) is 4.41. The highest BCUT2D eigenvalue weighted by atomic mass is 79.9. The Balaban J connectivity index is 2.07. The third kappa shape index (κ3) is 4.83. The third-order valence-corrected chi connectivity index (χ3v) is 4.55. The molecule has 2 rings (SSSR count). The molecule has 3 nitrogen and oxygen atoms in total. The molecule has 1 atom stereocenters. The van der Waals surface area contributed by atoms with Gasteiger partial charge in [0.05, 0.1) is 6.33 Å². The molecule has 114 valence electrons. The first-order valence-electron chi connectivity index (χ1n) is 6.99. The van der Waals surface area contributed by atoms with Crippen LogP contribution in [0.3, 0.4) is 0 Å². The van der Waals surface area contributed by atoms with Gasteiger partial charge in [-0.05, 0) is 29.2 Å². The summed E-state index contributed by atoms with van der Waals surface area (Å²) in [5.41, 5.74) is 1.32. The van der Waals surface area contributed by atoms with Crippen LogP contribution in [0.15, 0.2) is 41.4 Å². The van der Waals surface area contributed by atoms with Crippen LogP contribution in [0, 0.1) is 5.41 Å². The predicted octanol–water partition coefficient (Wildman–Crippen LogP) is 4.50. The molecule has 0 saturated carbocycles. The number of nitrogens with one attached hydrogen (secondary N) is 1. The monoisotopic (exact) mass is 369 g/mol. The normalized spacial score (nSPS) is 13.4. The Morgan fingerprint density at radius 2 is 2.14 bits per heavy atom. The quantitative estimate of drug-likeness (QED) is 0.839. The second-order valence-electron chi connectivity index (χ2n) is 6.29. The van der Waals surface area contributed by atoms with Crippen LogP contribution in [-0.2, 0) is 13.1 Å². The summed E-state index contributed by atoms with van der Waals surface area (Å²) in [6, 6.07) is 6.20. The highest BCUT2D eigenvalue weighted by Crippen LogP contribution is 2.24. The average Bonchev–Trinajstić information content (AvgIpc) is 2.89. The van der Waals surface area contributed by atoms with E-state index in [1.165, 1.54) is 5.56 Å². The zero-order valence-corrected chi connectivity index (χ0v) is 14.9. The molecule has 0 saturated heterocycles. The summed E-state index contributed by atoms with van der Waals surface area (Å²) < 4.78 is 3.19. The van der Waals surface area contributed by atoms with Crippen molar-refractivity contribution in [3.05, 3.63) is 52.0 Å². The standard InChI is InChI=1S/C16H21BrClN3/c1-16(2,3)15(10-21-7-6-19-11-21)20-9-12-8-13(18)4-5-14(12)17/h4-8,11,15,20H,9-10H2,1-3H3. The lowest BCUT2D eigenvalue weighted by molar-refractivity contribution is 0.240. The number of benzene rings is 1. The molecule has 1 aromatic carbocycles. The van der Waals surface area contributed by atoms with Crippen LogP contribution in [0.2, 0.25) is 5.02 Å². The van der Waals surface area contributed by atoms with E-state index < -0.39 is 0 Å². The van der Waals surface area contributed by atoms with Gasteiger partial charge in [-0.2, -0.15) is 0 Å². The van der Waals surface area contributed by atoms with Crippen molar-refractivity contribution in [2.45, 2.75) is 39.9 Å². The first-order valence-corrected chi connectivity index (χ1v) is 8.16. The fourth-order valence-electron chi connectivity index (χ4n) is 2.16. The van der Waals surface area contributed by atoms with E-state index in [0.717, 1.165) is 22.6 Å². The van der Waals surface area contributed by atoms with Crippen LogP contribution >= 0.6 is 27.5 Å². The Labute approximate surface area is 139 Å². The summed E-state index contributed by atoms with van der Waals surface area (Å²) in [6.07, 6.45) is 5.67. The number of rotatable bonds is 5. The lowest BCUT2D eigenvalue weighted by Crippen LogP contribution is -2.43. The molecule has 0 bridgehead atoms. The highest BCUT2D eigenvalue weighted by Gasteiger charge is 2.24. The summed E-state index contributed by atoms with van der Waals surface area (Å²) in [6.45, 7) is 8.40. The van der Waals surface area contributed by atoms with Crippen LogP contribution < -0.4 is 5.32 Å². The number of nitrogens with zero attached hydrogens (tertiary/aromatic N) is 2. The van der Waals surface area contributed by atoms with Gasteiger partial charge in [0.2, 0.25) is 0 Å². The van der Waals surface area contributed by atoms with Crippen LogP contribution in [-0.4, -0.2) is 15.6 Å². The van der Waals surface area contributed by atoms with Crippen molar-refractivity contribution in [2.24, 2.45) is 5.41 Å². The Kier molecular flexibility index (Phi) is 5.47. The second kappa shape index (κ2) is 6.95. The molecule has 1 heterocycles. The fourth-order valence-corrected chi connectivity index (χ4v) is 2.74. The van der Waals surface area contributed by atoms with Crippen molar-refractivity contribution in [3.63, 3.8) is 0 Å². The Bertz CT molecular complexity index is 576. The van der Waals surface area contributed by atoms with Crippen LogP contribution in [0.25, 0.3) is 0 Å². The molecule has 0 aliphatic rings. The average molecular weight is 371 g/mol. The number of hydrogen-bond donors (Lipinski definition) is 1. The molecule has 0 aliphatic carbocycles. The number of halogens is 2. The molecule has 0 spiro atoms. The van der Waals surface area contributed by atoms with E-state index in [0.29, 0.717) is 6.04 Å². The SMILES string of the molecule is CC(C)(C)C(Cn1ccnc1)NCc1cc(Cl)ccc1Br. The van der Waals surface area contributed by atoms with E-state index in [1.54, 1.807) is 0 Å². The number of imidazole rings is 1. The molecule has 1 N–H and O–H groups in total. The Morgan fingerprint density at radius 3 is 2.76 bits per heavy atom. The molecular weight excluding hydrogens is 350 g/mol. The molecule has 0 radical (unpaired) electrons. The van der Waals surface area contributed by atoms with E-state index in [9.17, 15) is 0 Å². The first-order chi connectivity index (χ1) is 9.86. The molecule has 21 heavy (non-hydrogen) atoms. The zero-order valence-electron chi connectivity index (χ0n) is 12.6. The lowest BCUT2D eigenvalue weighted by atomic mass is 9.86. The van der Waals surface area contributed by atoms with Crippen molar-refractivity contribution >= 4 is 27.5 Å². The molecule has 2 aromatic rings. The maximum atomic E-state index is 6.08. The minimum Gasteiger partial charge on any atom is -0.336 e. The second-order valence-corrected chi connectivity index (χ2v) is 7.59. The highest BCUT2D eigenvalue weighted by molar-refractivity contribution is 9.10. The topological polar surface area (TPSA) is 29.9 Å². The zero-order chi connectivity index (χ0) is 15.5. The number of aromatic nitrogens is 2. The summed E-state index contributed by atoms with van der Waals surface area (Å²) in [7, 11) is 0. The van der Waals surface area contributed by atoms with Crippen LogP contribution in [0.1, 0.15) is 26.3 Å². The van der Waals surface area contributed by atoms with Gasteiger partial charge in [-0.15, -0.1) is 0 Å². The summed E-state index contributed by atoms with van der Waals surface area (Å²) >= 11 is 9.65. The third-order valence-electron chi connectivity index (χ3n) is 3.54. The molecular formula is C16H21BrClN3. The molecule has 0 fully saturated rings. The van der Waals surface area contributed by atoms with Gasteiger partial charge in [0.15, 0.2) is 0 Å². The van der Waals surface area contributed by atoms with Gasteiger partial charge < -0.3 is 9.88 Å². The Hall–Kier alpha value is -0.840. The van der Waals surface area contributed by atoms with Crippen LogP contribution in [0.4, 0.5) is 0 Å². The van der Waals surface area contributed by atoms with Crippen molar-refractivity contribution in [1.29, 1.82) is 0 Å². The summed E-state index contributed by atoms with van der Waals surface area (Å²) in [5.74, 6) is 0. The largest absolute Gasteiger partial charge is 0.336 e. The van der Waals surface area contributed by atoms with Gasteiger partial charge in [-0.25, -0.2) is 4.98 Å². The van der Waals surface area contributed by atoms with Gasteiger partial charge in [0.25, 0.3) is 0 Å². The number of hydrogen-bond acceptors (Lipinski definition) is 2. The molecule has 0 amide bonds. The predicted molar refractivity (Wildman–Crippen MR) is 91.5 cm³/mol. The maximum Gasteiger partial charge on any atom is 0.0946 e. The molecule has 1 unspecified atom stereocenters. The Morgan fingerprint density at radius 1 is 1.38 bits per heavy atom. The van der Waals surface area contributed by atoms with Crippen molar-refractivity contribution in [1.82, 2.24) is 14.9 Å². The minimum atomic E-state index is 0.148. The maximum absolute atomic E-state index is 6.08. The fraction of sp³-hybridized carbons (Fsp3) is 0.438. The van der Waals surface area contributed by atoms with Gasteiger partial charge in [0, 0.05) is 41.0 Å². The van der Waals surface area contributed by atoms with Crippen molar-refractivity contribution < 1.29 is 0 Å².